The predicted octanol–water partition coefficient (Wildman–Crippen LogP) is 2.38. The number of rotatable bonds is 6. The maximum absolute atomic E-state index is 11.6. The van der Waals surface area contributed by atoms with E-state index in [1.165, 1.54) is 0 Å². The number of carbonyl (C=O) groups is 1. The Morgan fingerprint density at radius 3 is 2.61 bits per heavy atom. The van der Waals surface area contributed by atoms with Gasteiger partial charge in [0.2, 0.25) is 0 Å². The fraction of sp³-hybridized carbons (Fsp3) is 0.385. The highest BCUT2D eigenvalue weighted by Crippen LogP contribution is 2.19. The van der Waals surface area contributed by atoms with Crippen LogP contribution in [0.15, 0.2) is 24.3 Å². The third-order valence-electron chi connectivity index (χ3n) is 2.32. The first-order valence-electron chi connectivity index (χ1n) is 5.55. The normalized spacial score (nSPS) is 11.4. The highest BCUT2D eigenvalue weighted by atomic mass is 32.2. The fourth-order valence-electron chi connectivity index (χ4n) is 1.45. The minimum atomic E-state index is -0.483. The van der Waals surface area contributed by atoms with Crippen LogP contribution < -0.4 is 4.74 Å². The Morgan fingerprint density at radius 1 is 1.44 bits per heavy atom. The Labute approximate surface area is 111 Å². The van der Waals surface area contributed by atoms with E-state index in [-0.39, 0.29) is 5.97 Å². The Balaban J connectivity index is 2.70. The minimum Gasteiger partial charge on any atom is -0.497 e. The van der Waals surface area contributed by atoms with E-state index >= 15 is 0 Å². The molecule has 5 heteroatoms. The quantitative estimate of drug-likeness (QED) is 0.584. The van der Waals surface area contributed by atoms with Crippen LogP contribution in [0.5, 0.6) is 5.75 Å². The number of esters is 1. The van der Waals surface area contributed by atoms with Gasteiger partial charge in [-0.3, -0.25) is 4.79 Å². The van der Waals surface area contributed by atoms with Gasteiger partial charge in [0.05, 0.1) is 13.7 Å². The van der Waals surface area contributed by atoms with Crippen LogP contribution in [-0.2, 0) is 16.0 Å². The first-order chi connectivity index (χ1) is 8.71. The van der Waals surface area contributed by atoms with Crippen LogP contribution in [0.4, 0.5) is 0 Å². The number of hydrogen-bond donors (Lipinski definition) is 0. The zero-order valence-electron chi connectivity index (χ0n) is 10.4. The average molecular weight is 265 g/mol. The fourth-order valence-corrected chi connectivity index (χ4v) is 2.01. The van der Waals surface area contributed by atoms with Crippen LogP contribution in [0.2, 0.25) is 0 Å². The van der Waals surface area contributed by atoms with Gasteiger partial charge < -0.3 is 9.47 Å². The van der Waals surface area contributed by atoms with Crippen molar-refractivity contribution in [2.75, 3.05) is 13.7 Å². The van der Waals surface area contributed by atoms with Crippen molar-refractivity contribution in [2.45, 2.75) is 18.6 Å². The van der Waals surface area contributed by atoms with Crippen LogP contribution in [0, 0.1) is 10.7 Å². The average Bonchev–Trinajstić information content (AvgIpc) is 2.39. The monoisotopic (exact) mass is 265 g/mol. The molecule has 18 heavy (non-hydrogen) atoms. The molecule has 0 heterocycles. The number of nitriles is 1. The number of hydrogen-bond acceptors (Lipinski definition) is 5. The third-order valence-corrected chi connectivity index (χ3v) is 3.07. The van der Waals surface area contributed by atoms with Gasteiger partial charge in [-0.1, -0.05) is 12.1 Å². The van der Waals surface area contributed by atoms with E-state index in [1.54, 1.807) is 14.0 Å². The lowest BCUT2D eigenvalue weighted by molar-refractivity contribution is -0.142. The Bertz CT molecular complexity index is 425. The Kier molecular flexibility index (Phi) is 6.09. The summed E-state index contributed by atoms with van der Waals surface area (Å²) in [5.74, 6) is 0.416. The second kappa shape index (κ2) is 7.62. The summed E-state index contributed by atoms with van der Waals surface area (Å²) in [4.78, 5) is 11.6. The predicted molar refractivity (Wildman–Crippen MR) is 70.3 cm³/mol. The van der Waals surface area contributed by atoms with Crippen LogP contribution in [0.3, 0.4) is 0 Å². The summed E-state index contributed by atoms with van der Waals surface area (Å²) in [6, 6.07) is 7.41. The van der Waals surface area contributed by atoms with Crippen molar-refractivity contribution >= 4 is 17.7 Å². The standard InChI is InChI=1S/C13H15NO3S/c1-3-17-13(15)12(18-9-14)8-10-4-6-11(16-2)7-5-10/h4-7,12H,3,8H2,1-2H3. The van der Waals surface area contributed by atoms with Crippen molar-refractivity contribution < 1.29 is 14.3 Å². The van der Waals surface area contributed by atoms with Crippen molar-refractivity contribution in [3.05, 3.63) is 29.8 Å². The highest BCUT2D eigenvalue weighted by Gasteiger charge is 2.21. The first kappa shape index (κ1) is 14.4. The summed E-state index contributed by atoms with van der Waals surface area (Å²) in [5, 5.41) is 10.2. The van der Waals surface area contributed by atoms with Crippen molar-refractivity contribution in [1.82, 2.24) is 0 Å². The summed E-state index contributed by atoms with van der Waals surface area (Å²) >= 11 is 0.929. The van der Waals surface area contributed by atoms with E-state index in [0.717, 1.165) is 23.1 Å². The van der Waals surface area contributed by atoms with Gasteiger partial charge in [-0.15, -0.1) is 0 Å². The molecule has 0 spiro atoms. The number of ether oxygens (including phenoxy) is 2. The molecule has 0 aliphatic heterocycles. The molecule has 96 valence electrons. The second-order valence-corrected chi connectivity index (χ2v) is 4.49. The van der Waals surface area contributed by atoms with Gasteiger partial charge in [-0.25, -0.2) is 0 Å². The van der Waals surface area contributed by atoms with E-state index in [9.17, 15) is 4.79 Å². The first-order valence-corrected chi connectivity index (χ1v) is 6.43. The molecule has 0 aliphatic carbocycles. The largest absolute Gasteiger partial charge is 0.497 e. The van der Waals surface area contributed by atoms with Gasteiger partial charge >= 0.3 is 5.97 Å². The molecule has 1 aromatic rings. The molecule has 1 atom stereocenters. The molecule has 0 radical (unpaired) electrons. The molecule has 1 rings (SSSR count). The summed E-state index contributed by atoms with van der Waals surface area (Å²) in [5.41, 5.74) is 0.969. The second-order valence-electron chi connectivity index (χ2n) is 3.50. The molecule has 0 amide bonds. The molecule has 1 aromatic carbocycles. The van der Waals surface area contributed by atoms with E-state index < -0.39 is 5.25 Å². The van der Waals surface area contributed by atoms with E-state index in [0.29, 0.717) is 13.0 Å². The molecule has 0 aliphatic rings. The Morgan fingerprint density at radius 2 is 2.11 bits per heavy atom. The summed E-state index contributed by atoms with van der Waals surface area (Å²) < 4.78 is 10.00. The van der Waals surface area contributed by atoms with Crippen LogP contribution in [0.1, 0.15) is 12.5 Å². The molecule has 0 saturated heterocycles. The summed E-state index contributed by atoms with van der Waals surface area (Å²) in [7, 11) is 1.60. The lowest BCUT2D eigenvalue weighted by Crippen LogP contribution is -2.22. The van der Waals surface area contributed by atoms with Gasteiger partial charge in [0.1, 0.15) is 16.4 Å². The minimum absolute atomic E-state index is 0.323. The lowest BCUT2D eigenvalue weighted by atomic mass is 10.1. The third kappa shape index (κ3) is 4.30. The summed E-state index contributed by atoms with van der Waals surface area (Å²) in [6.45, 7) is 2.07. The van der Waals surface area contributed by atoms with Crippen LogP contribution in [-0.4, -0.2) is 24.9 Å². The van der Waals surface area contributed by atoms with Gasteiger partial charge in [0.15, 0.2) is 0 Å². The molecule has 0 aromatic heterocycles. The number of benzene rings is 1. The van der Waals surface area contributed by atoms with Gasteiger partial charge in [-0.05, 0) is 42.8 Å². The maximum Gasteiger partial charge on any atom is 0.320 e. The summed E-state index contributed by atoms with van der Waals surface area (Å²) in [6.07, 6.45) is 0.473. The zero-order valence-corrected chi connectivity index (χ0v) is 11.2. The van der Waals surface area contributed by atoms with E-state index in [4.69, 9.17) is 14.7 Å². The van der Waals surface area contributed by atoms with E-state index in [2.05, 4.69) is 0 Å². The Hall–Kier alpha value is -1.67. The van der Waals surface area contributed by atoms with Gasteiger partial charge in [-0.2, -0.15) is 5.26 Å². The van der Waals surface area contributed by atoms with Crippen molar-refractivity contribution in [1.29, 1.82) is 5.26 Å². The topological polar surface area (TPSA) is 59.3 Å². The molecule has 0 bridgehead atoms. The number of thiocyanates is 1. The lowest BCUT2D eigenvalue weighted by Gasteiger charge is -2.11. The van der Waals surface area contributed by atoms with Gasteiger partial charge in [0.25, 0.3) is 0 Å². The molecule has 4 nitrogen and oxygen atoms in total. The van der Waals surface area contributed by atoms with Crippen molar-refractivity contribution in [3.8, 4) is 11.2 Å². The molecule has 0 fully saturated rings. The highest BCUT2D eigenvalue weighted by molar-refractivity contribution is 8.04. The number of methoxy groups -OCH3 is 1. The molecule has 0 saturated carbocycles. The zero-order chi connectivity index (χ0) is 13.4. The molecular formula is C13H15NO3S. The van der Waals surface area contributed by atoms with E-state index in [1.807, 2.05) is 29.7 Å². The smallest absolute Gasteiger partial charge is 0.320 e. The number of thioether (sulfide) groups is 1. The van der Waals surface area contributed by atoms with Crippen LogP contribution in [0.25, 0.3) is 0 Å². The van der Waals surface area contributed by atoms with Crippen molar-refractivity contribution in [3.63, 3.8) is 0 Å². The van der Waals surface area contributed by atoms with Crippen LogP contribution >= 0.6 is 11.8 Å². The number of carbonyl (C=O) groups excluding carboxylic acids is 1. The van der Waals surface area contributed by atoms with Crippen molar-refractivity contribution in [2.24, 2.45) is 0 Å². The SMILES string of the molecule is CCOC(=O)C(Cc1ccc(OC)cc1)SC#N. The number of nitrogens with zero attached hydrogens (tertiary/aromatic N) is 1. The molecule has 0 N–H and O–H groups in total. The van der Waals surface area contributed by atoms with Gasteiger partial charge in [0, 0.05) is 0 Å². The maximum atomic E-state index is 11.6. The molecular weight excluding hydrogens is 250 g/mol. The molecule has 1 unspecified atom stereocenters.